The van der Waals surface area contributed by atoms with Gasteiger partial charge >= 0.3 is 0 Å². The number of carbonyl (C=O) groups is 1. The van der Waals surface area contributed by atoms with Crippen LogP contribution in [-0.2, 0) is 0 Å². The standard InChI is InChI=1S/C11H16N4O3/c1-14(10(5-12)7-2-3-7)11(16)9-4-8(6-13-9)15(17)18/h4,6-7,10,13H,2-3,5,12H2,1H3. The van der Waals surface area contributed by atoms with E-state index in [1.165, 1.54) is 12.3 Å². The predicted molar refractivity (Wildman–Crippen MR) is 65.1 cm³/mol. The number of nitrogens with zero attached hydrogens (tertiary/aromatic N) is 2. The number of amides is 1. The Labute approximate surface area is 104 Å². The van der Waals surface area contributed by atoms with E-state index in [0.29, 0.717) is 12.5 Å². The maximum absolute atomic E-state index is 12.1. The first kappa shape index (κ1) is 12.6. The average Bonchev–Trinajstić information content (AvgIpc) is 3.04. The normalized spacial score (nSPS) is 16.3. The lowest BCUT2D eigenvalue weighted by Gasteiger charge is -2.26. The van der Waals surface area contributed by atoms with E-state index >= 15 is 0 Å². The van der Waals surface area contributed by atoms with Crippen molar-refractivity contribution in [3.63, 3.8) is 0 Å². The number of nitrogens with two attached hydrogens (primary N) is 1. The molecule has 1 heterocycles. The second-order valence-corrected chi connectivity index (χ2v) is 4.59. The first-order valence-electron chi connectivity index (χ1n) is 5.84. The van der Waals surface area contributed by atoms with Gasteiger partial charge in [0.05, 0.1) is 11.1 Å². The van der Waals surface area contributed by atoms with Gasteiger partial charge in [-0.3, -0.25) is 14.9 Å². The number of nitrogens with one attached hydrogen (secondary N) is 1. The van der Waals surface area contributed by atoms with Crippen molar-refractivity contribution in [2.75, 3.05) is 13.6 Å². The van der Waals surface area contributed by atoms with Crippen LogP contribution in [0.15, 0.2) is 12.3 Å². The molecule has 98 valence electrons. The van der Waals surface area contributed by atoms with Crippen molar-refractivity contribution in [3.05, 3.63) is 28.1 Å². The number of hydrogen-bond donors (Lipinski definition) is 2. The fourth-order valence-corrected chi connectivity index (χ4v) is 2.10. The lowest BCUT2D eigenvalue weighted by atomic mass is 10.1. The monoisotopic (exact) mass is 252 g/mol. The van der Waals surface area contributed by atoms with Gasteiger partial charge in [-0.1, -0.05) is 0 Å². The van der Waals surface area contributed by atoms with Crippen LogP contribution in [0.3, 0.4) is 0 Å². The van der Waals surface area contributed by atoms with Gasteiger partial charge in [-0.05, 0) is 18.8 Å². The van der Waals surface area contributed by atoms with E-state index in [1.54, 1.807) is 11.9 Å². The second kappa shape index (κ2) is 4.77. The van der Waals surface area contributed by atoms with E-state index in [1.807, 2.05) is 0 Å². The van der Waals surface area contributed by atoms with Gasteiger partial charge in [-0.25, -0.2) is 0 Å². The molecule has 0 aromatic carbocycles. The molecule has 7 heteroatoms. The van der Waals surface area contributed by atoms with Crippen LogP contribution >= 0.6 is 0 Å². The van der Waals surface area contributed by atoms with Gasteiger partial charge in [-0.2, -0.15) is 0 Å². The molecule has 1 aliphatic carbocycles. The number of hydrogen-bond acceptors (Lipinski definition) is 4. The lowest BCUT2D eigenvalue weighted by Crippen LogP contribution is -2.43. The molecule has 0 aliphatic heterocycles. The number of nitro groups is 1. The van der Waals surface area contributed by atoms with E-state index < -0.39 is 4.92 Å². The molecule has 0 saturated heterocycles. The zero-order chi connectivity index (χ0) is 13.3. The molecule has 0 spiro atoms. The molecule has 1 aromatic rings. The van der Waals surface area contributed by atoms with Crippen LogP contribution in [0.25, 0.3) is 0 Å². The minimum Gasteiger partial charge on any atom is -0.351 e. The molecule has 0 radical (unpaired) electrons. The molecule has 1 saturated carbocycles. The van der Waals surface area contributed by atoms with Crippen molar-refractivity contribution in [2.24, 2.45) is 11.7 Å². The summed E-state index contributed by atoms with van der Waals surface area (Å²) in [5.41, 5.74) is 5.79. The maximum atomic E-state index is 12.1. The van der Waals surface area contributed by atoms with Crippen molar-refractivity contribution in [2.45, 2.75) is 18.9 Å². The SMILES string of the molecule is CN(C(=O)c1cc([N+](=O)[O-])c[nH]1)C(CN)C1CC1. The van der Waals surface area contributed by atoms with Crippen LogP contribution in [0.5, 0.6) is 0 Å². The summed E-state index contributed by atoms with van der Waals surface area (Å²) in [7, 11) is 1.69. The van der Waals surface area contributed by atoms with E-state index in [9.17, 15) is 14.9 Å². The number of likely N-dealkylation sites (N-methyl/N-ethyl adjacent to an activating group) is 1. The molecule has 2 rings (SSSR count). The molecule has 1 aromatic heterocycles. The second-order valence-electron chi connectivity index (χ2n) is 4.59. The van der Waals surface area contributed by atoms with Gasteiger partial charge in [0.1, 0.15) is 5.69 Å². The molecule has 1 aliphatic rings. The van der Waals surface area contributed by atoms with Gasteiger partial charge in [0, 0.05) is 25.7 Å². The van der Waals surface area contributed by atoms with Crippen LogP contribution in [0.4, 0.5) is 5.69 Å². The molecule has 1 unspecified atom stereocenters. The molecule has 1 atom stereocenters. The van der Waals surface area contributed by atoms with Gasteiger partial charge < -0.3 is 15.6 Å². The maximum Gasteiger partial charge on any atom is 0.287 e. The first-order chi connectivity index (χ1) is 8.54. The first-order valence-corrected chi connectivity index (χ1v) is 5.84. The minimum absolute atomic E-state index is 0.0138. The molecule has 1 fully saturated rings. The summed E-state index contributed by atoms with van der Waals surface area (Å²) in [5.74, 6) is 0.208. The molecule has 3 N–H and O–H groups in total. The van der Waals surface area contributed by atoms with Crippen LogP contribution in [0.2, 0.25) is 0 Å². The highest BCUT2D eigenvalue weighted by Gasteiger charge is 2.35. The van der Waals surface area contributed by atoms with Crippen LogP contribution in [-0.4, -0.2) is 40.3 Å². The molecular weight excluding hydrogens is 236 g/mol. The van der Waals surface area contributed by atoms with Gasteiger partial charge in [0.15, 0.2) is 0 Å². The average molecular weight is 252 g/mol. The van der Waals surface area contributed by atoms with Crippen molar-refractivity contribution in [3.8, 4) is 0 Å². The smallest absolute Gasteiger partial charge is 0.287 e. The van der Waals surface area contributed by atoms with E-state index in [0.717, 1.165) is 12.8 Å². The Morgan fingerprint density at radius 1 is 1.72 bits per heavy atom. The largest absolute Gasteiger partial charge is 0.351 e. The summed E-state index contributed by atoms with van der Waals surface area (Å²) >= 11 is 0. The highest BCUT2D eigenvalue weighted by molar-refractivity contribution is 5.93. The topological polar surface area (TPSA) is 105 Å². The highest BCUT2D eigenvalue weighted by atomic mass is 16.6. The summed E-state index contributed by atoms with van der Waals surface area (Å²) in [5, 5.41) is 10.6. The third-order valence-electron chi connectivity index (χ3n) is 3.33. The Morgan fingerprint density at radius 3 is 2.83 bits per heavy atom. The summed E-state index contributed by atoms with van der Waals surface area (Å²) in [6, 6.07) is 1.26. The molecule has 18 heavy (non-hydrogen) atoms. The van der Waals surface area contributed by atoms with Crippen LogP contribution < -0.4 is 5.73 Å². The number of aromatic nitrogens is 1. The predicted octanol–water partition coefficient (Wildman–Crippen LogP) is 0.732. The fourth-order valence-electron chi connectivity index (χ4n) is 2.10. The van der Waals surface area contributed by atoms with Crippen LogP contribution in [0.1, 0.15) is 23.3 Å². The number of rotatable bonds is 5. The van der Waals surface area contributed by atoms with E-state index in [4.69, 9.17) is 5.73 Å². The zero-order valence-corrected chi connectivity index (χ0v) is 10.1. The Bertz CT molecular complexity index is 467. The number of aromatic amines is 1. The van der Waals surface area contributed by atoms with Crippen molar-refractivity contribution in [1.29, 1.82) is 0 Å². The van der Waals surface area contributed by atoms with Gasteiger partial charge in [-0.15, -0.1) is 0 Å². The Kier molecular flexibility index (Phi) is 3.33. The molecule has 0 bridgehead atoms. The summed E-state index contributed by atoms with van der Waals surface area (Å²) in [6.45, 7) is 0.412. The van der Waals surface area contributed by atoms with Crippen LogP contribution in [0, 0.1) is 16.0 Å². The summed E-state index contributed by atoms with van der Waals surface area (Å²) < 4.78 is 0. The summed E-state index contributed by atoms with van der Waals surface area (Å²) in [4.78, 5) is 26.4. The Balaban J connectivity index is 2.11. The fraction of sp³-hybridized carbons (Fsp3) is 0.545. The summed E-state index contributed by atoms with van der Waals surface area (Å²) in [6.07, 6.45) is 3.39. The number of carbonyl (C=O) groups excluding carboxylic acids is 1. The van der Waals surface area contributed by atoms with E-state index in [-0.39, 0.29) is 23.3 Å². The van der Waals surface area contributed by atoms with Gasteiger partial charge in [0.2, 0.25) is 0 Å². The van der Waals surface area contributed by atoms with Gasteiger partial charge in [0.25, 0.3) is 11.6 Å². The molecular formula is C11H16N4O3. The minimum atomic E-state index is -0.533. The van der Waals surface area contributed by atoms with Crippen molar-refractivity contribution < 1.29 is 9.72 Å². The molecule has 7 nitrogen and oxygen atoms in total. The number of H-pyrrole nitrogens is 1. The Morgan fingerprint density at radius 2 is 2.39 bits per heavy atom. The quantitative estimate of drug-likeness (QED) is 0.595. The lowest BCUT2D eigenvalue weighted by molar-refractivity contribution is -0.384. The highest BCUT2D eigenvalue weighted by Crippen LogP contribution is 2.34. The third kappa shape index (κ3) is 2.35. The zero-order valence-electron chi connectivity index (χ0n) is 10.1. The van der Waals surface area contributed by atoms with Crippen molar-refractivity contribution >= 4 is 11.6 Å². The van der Waals surface area contributed by atoms with E-state index in [2.05, 4.69) is 4.98 Å². The van der Waals surface area contributed by atoms with Crippen molar-refractivity contribution in [1.82, 2.24) is 9.88 Å². The molecule has 1 amide bonds. The Hall–Kier alpha value is -1.89. The third-order valence-corrected chi connectivity index (χ3v) is 3.33.